The third kappa shape index (κ3) is 2.97. The first-order chi connectivity index (χ1) is 11.7. The molecule has 0 bridgehead atoms. The maximum atomic E-state index is 13.1. The molecule has 0 aromatic heterocycles. The first kappa shape index (κ1) is 16.1. The summed E-state index contributed by atoms with van der Waals surface area (Å²) in [5.41, 5.74) is 1.44. The van der Waals surface area contributed by atoms with Crippen LogP contribution in [0, 0.1) is 11.7 Å². The quantitative estimate of drug-likeness (QED) is 0.846. The highest BCUT2D eigenvalue weighted by Gasteiger charge is 2.44. The van der Waals surface area contributed by atoms with Gasteiger partial charge in [-0.25, -0.2) is 4.39 Å². The maximum absolute atomic E-state index is 13.1. The van der Waals surface area contributed by atoms with Crippen LogP contribution in [0.25, 0.3) is 0 Å². The van der Waals surface area contributed by atoms with Crippen LogP contribution >= 0.6 is 0 Å². The molecule has 2 aliphatic heterocycles. The van der Waals surface area contributed by atoms with Gasteiger partial charge in [0.1, 0.15) is 5.82 Å². The number of piperidine rings is 1. The summed E-state index contributed by atoms with van der Waals surface area (Å²) in [5.74, 6) is 0.551. The second kappa shape index (κ2) is 6.47. The summed E-state index contributed by atoms with van der Waals surface area (Å²) < 4.78 is 13.1. The van der Waals surface area contributed by atoms with Gasteiger partial charge in [0, 0.05) is 31.1 Å². The number of rotatable bonds is 3. The maximum Gasteiger partial charge on any atom is 0.225 e. The first-order valence-electron chi connectivity index (χ1n) is 9.45. The zero-order chi connectivity index (χ0) is 16.6. The number of amides is 1. The highest BCUT2D eigenvalue weighted by Crippen LogP contribution is 2.40. The lowest BCUT2D eigenvalue weighted by atomic mass is 9.81. The molecular weight excluding hydrogens is 303 g/mol. The van der Waals surface area contributed by atoms with Crippen molar-refractivity contribution in [3.63, 3.8) is 0 Å². The predicted molar refractivity (Wildman–Crippen MR) is 91.9 cm³/mol. The van der Waals surface area contributed by atoms with Crippen LogP contribution in [0.15, 0.2) is 24.3 Å². The molecule has 2 heterocycles. The molecule has 4 heteroatoms. The molecule has 2 saturated heterocycles. The lowest BCUT2D eigenvalue weighted by molar-refractivity contribution is -0.140. The fourth-order valence-corrected chi connectivity index (χ4v) is 4.67. The molecule has 0 radical (unpaired) electrons. The third-order valence-electron chi connectivity index (χ3n) is 6.49. The standard InChI is InChI=1S/C20H27FN2O/c21-18-7-5-16(6-8-18)15-23-12-2-9-20(23)10-13-22(14-11-20)19(24)17-3-1-4-17/h5-8,17H,1-4,9-15H2. The highest BCUT2D eigenvalue weighted by atomic mass is 19.1. The van der Waals surface area contributed by atoms with Crippen molar-refractivity contribution in [1.29, 1.82) is 0 Å². The smallest absolute Gasteiger partial charge is 0.225 e. The molecule has 1 aromatic rings. The number of carbonyl (C=O) groups is 1. The van der Waals surface area contributed by atoms with Crippen molar-refractivity contribution in [3.05, 3.63) is 35.6 Å². The number of carbonyl (C=O) groups excluding carboxylic acids is 1. The molecular formula is C20H27FN2O. The van der Waals surface area contributed by atoms with Crippen LogP contribution in [0.3, 0.4) is 0 Å². The third-order valence-corrected chi connectivity index (χ3v) is 6.49. The minimum absolute atomic E-state index is 0.169. The van der Waals surface area contributed by atoms with Crippen LogP contribution < -0.4 is 0 Å². The Balaban J connectivity index is 1.39. The molecule has 0 atom stereocenters. The van der Waals surface area contributed by atoms with E-state index < -0.39 is 0 Å². The van der Waals surface area contributed by atoms with Crippen LogP contribution in [0.5, 0.6) is 0 Å². The van der Waals surface area contributed by atoms with E-state index in [1.807, 2.05) is 12.1 Å². The van der Waals surface area contributed by atoms with Crippen molar-refractivity contribution in [3.8, 4) is 0 Å². The molecule has 1 aliphatic carbocycles. The molecule has 1 amide bonds. The van der Waals surface area contributed by atoms with Gasteiger partial charge in [0.05, 0.1) is 0 Å². The van der Waals surface area contributed by atoms with Gasteiger partial charge in [0.25, 0.3) is 0 Å². The monoisotopic (exact) mass is 330 g/mol. The summed E-state index contributed by atoms with van der Waals surface area (Å²) in [6.07, 6.45) is 8.06. The van der Waals surface area contributed by atoms with Gasteiger partial charge in [0.2, 0.25) is 5.91 Å². The van der Waals surface area contributed by atoms with Crippen LogP contribution in [-0.2, 0) is 11.3 Å². The van der Waals surface area contributed by atoms with Gasteiger partial charge in [-0.3, -0.25) is 9.69 Å². The fraction of sp³-hybridized carbons (Fsp3) is 0.650. The van der Waals surface area contributed by atoms with E-state index in [1.54, 1.807) is 12.1 Å². The largest absolute Gasteiger partial charge is 0.342 e. The van der Waals surface area contributed by atoms with Crippen LogP contribution in [0.1, 0.15) is 50.5 Å². The van der Waals surface area contributed by atoms with Gasteiger partial charge in [-0.15, -0.1) is 0 Å². The molecule has 1 saturated carbocycles. The molecule has 0 unspecified atom stereocenters. The predicted octanol–water partition coefficient (Wildman–Crippen LogP) is 3.58. The minimum atomic E-state index is -0.169. The van der Waals surface area contributed by atoms with E-state index in [9.17, 15) is 9.18 Å². The van der Waals surface area contributed by atoms with E-state index in [4.69, 9.17) is 0 Å². The zero-order valence-corrected chi connectivity index (χ0v) is 14.3. The van der Waals surface area contributed by atoms with Crippen LogP contribution in [-0.4, -0.2) is 40.9 Å². The molecule has 3 aliphatic rings. The second-order valence-corrected chi connectivity index (χ2v) is 7.83. The number of halogens is 1. The molecule has 1 spiro atoms. The van der Waals surface area contributed by atoms with Gasteiger partial charge in [-0.2, -0.15) is 0 Å². The van der Waals surface area contributed by atoms with Gasteiger partial charge in [-0.1, -0.05) is 18.6 Å². The Hall–Kier alpha value is -1.42. The van der Waals surface area contributed by atoms with Gasteiger partial charge in [-0.05, 0) is 62.8 Å². The Morgan fingerprint density at radius 1 is 1.04 bits per heavy atom. The van der Waals surface area contributed by atoms with E-state index in [1.165, 1.54) is 24.8 Å². The SMILES string of the molecule is O=C(C1CCC1)N1CCC2(CCCN2Cc2ccc(F)cc2)CC1. The number of benzene rings is 1. The van der Waals surface area contributed by atoms with Crippen LogP contribution in [0.2, 0.25) is 0 Å². The zero-order valence-electron chi connectivity index (χ0n) is 14.3. The molecule has 4 rings (SSSR count). The fourth-order valence-electron chi connectivity index (χ4n) is 4.67. The van der Waals surface area contributed by atoms with Gasteiger partial charge >= 0.3 is 0 Å². The Morgan fingerprint density at radius 3 is 2.38 bits per heavy atom. The van der Waals surface area contributed by atoms with E-state index in [0.29, 0.717) is 11.8 Å². The lowest BCUT2D eigenvalue weighted by Crippen LogP contribution is -2.54. The van der Waals surface area contributed by atoms with Crippen molar-refractivity contribution >= 4 is 5.91 Å². The topological polar surface area (TPSA) is 23.6 Å². The number of likely N-dealkylation sites (tertiary alicyclic amines) is 2. The lowest BCUT2D eigenvalue weighted by Gasteiger charge is -2.46. The summed E-state index contributed by atoms with van der Waals surface area (Å²) in [5, 5.41) is 0. The molecule has 0 N–H and O–H groups in total. The molecule has 3 nitrogen and oxygen atoms in total. The van der Waals surface area contributed by atoms with Crippen molar-refractivity contribution in [2.24, 2.45) is 5.92 Å². The van der Waals surface area contributed by atoms with Gasteiger partial charge < -0.3 is 4.90 Å². The summed E-state index contributed by atoms with van der Waals surface area (Å²) in [7, 11) is 0. The Bertz CT molecular complexity index is 588. The number of hydrogen-bond acceptors (Lipinski definition) is 2. The van der Waals surface area contributed by atoms with E-state index in [0.717, 1.165) is 51.9 Å². The minimum Gasteiger partial charge on any atom is -0.342 e. The molecule has 1 aromatic carbocycles. The first-order valence-corrected chi connectivity index (χ1v) is 9.45. The molecule has 130 valence electrons. The average Bonchev–Trinajstić information content (AvgIpc) is 2.91. The molecule has 3 fully saturated rings. The Labute approximate surface area is 143 Å². The normalized spacial score (nSPS) is 24.3. The second-order valence-electron chi connectivity index (χ2n) is 7.83. The number of hydrogen-bond donors (Lipinski definition) is 0. The summed E-state index contributed by atoms with van der Waals surface area (Å²) in [6.45, 7) is 3.84. The van der Waals surface area contributed by atoms with Crippen molar-refractivity contribution in [1.82, 2.24) is 9.80 Å². The van der Waals surface area contributed by atoms with Crippen molar-refractivity contribution in [2.45, 2.75) is 57.0 Å². The molecule has 24 heavy (non-hydrogen) atoms. The van der Waals surface area contributed by atoms with Crippen molar-refractivity contribution < 1.29 is 9.18 Å². The van der Waals surface area contributed by atoms with E-state index in [2.05, 4.69) is 9.80 Å². The summed E-state index contributed by atoms with van der Waals surface area (Å²) in [4.78, 5) is 17.2. The Kier molecular flexibility index (Phi) is 4.33. The van der Waals surface area contributed by atoms with E-state index in [-0.39, 0.29) is 11.4 Å². The number of nitrogens with zero attached hydrogens (tertiary/aromatic N) is 2. The summed E-state index contributed by atoms with van der Waals surface area (Å²) >= 11 is 0. The Morgan fingerprint density at radius 2 is 1.75 bits per heavy atom. The summed E-state index contributed by atoms with van der Waals surface area (Å²) in [6, 6.07) is 6.91. The highest BCUT2D eigenvalue weighted by molar-refractivity contribution is 5.79. The van der Waals surface area contributed by atoms with Crippen molar-refractivity contribution in [2.75, 3.05) is 19.6 Å². The van der Waals surface area contributed by atoms with Crippen LogP contribution in [0.4, 0.5) is 4.39 Å². The average molecular weight is 330 g/mol. The van der Waals surface area contributed by atoms with E-state index >= 15 is 0 Å². The van der Waals surface area contributed by atoms with Gasteiger partial charge in [0.15, 0.2) is 0 Å².